The summed E-state index contributed by atoms with van der Waals surface area (Å²) in [6.45, 7) is 9.12. The average Bonchev–Trinajstić information content (AvgIpc) is 2.70. The lowest BCUT2D eigenvalue weighted by atomic mass is 9.91. The minimum atomic E-state index is -4.02. The Balaban J connectivity index is 2.48. The number of carbonyl (C=O) groups excluding carboxylic acids is 1. The Morgan fingerprint density at radius 1 is 1.13 bits per heavy atom. The zero-order valence-corrected chi connectivity index (χ0v) is 19.1. The Kier molecular flexibility index (Phi) is 7.25. The van der Waals surface area contributed by atoms with E-state index in [0.29, 0.717) is 5.75 Å². The number of nitrogens with one attached hydrogen (secondary N) is 1. The van der Waals surface area contributed by atoms with Crippen molar-refractivity contribution in [1.82, 2.24) is 5.43 Å². The fourth-order valence-corrected chi connectivity index (χ4v) is 3.94. The molecule has 0 aliphatic heterocycles. The van der Waals surface area contributed by atoms with Crippen molar-refractivity contribution in [3.63, 3.8) is 0 Å². The molecule has 0 saturated heterocycles. The Hall–Kier alpha value is -2.87. The molecule has 0 aliphatic carbocycles. The maximum absolute atomic E-state index is 13.4. The number of sulfonamides is 1. The standard InChI is InChI=1S/C22H29N3O4S/c1-16-12-13-20(29-6)19(14-16)25(30(27,28)18-10-8-7-9-11-18)15-21(26)24-23-17(2)22(3,4)5/h7-14H,15H2,1-6H3,(H,24,26)/b23-17-. The number of rotatable bonds is 7. The van der Waals surface area contributed by atoms with Crippen LogP contribution in [0.3, 0.4) is 0 Å². The molecule has 8 heteroatoms. The molecule has 0 radical (unpaired) electrons. The van der Waals surface area contributed by atoms with Crippen LogP contribution >= 0.6 is 0 Å². The summed E-state index contributed by atoms with van der Waals surface area (Å²) in [7, 11) is -2.56. The van der Waals surface area contributed by atoms with Crippen molar-refractivity contribution in [2.24, 2.45) is 10.5 Å². The van der Waals surface area contributed by atoms with Crippen molar-refractivity contribution >= 4 is 27.3 Å². The molecule has 162 valence electrons. The third-order valence-corrected chi connectivity index (χ3v) is 6.43. The molecule has 0 unspecified atom stereocenters. The lowest BCUT2D eigenvalue weighted by Crippen LogP contribution is -2.40. The van der Waals surface area contributed by atoms with Crippen LogP contribution in [0.15, 0.2) is 58.5 Å². The molecular weight excluding hydrogens is 402 g/mol. The minimum Gasteiger partial charge on any atom is -0.495 e. The minimum absolute atomic E-state index is 0.0794. The number of benzene rings is 2. The highest BCUT2D eigenvalue weighted by molar-refractivity contribution is 7.92. The van der Waals surface area contributed by atoms with Crippen LogP contribution in [-0.2, 0) is 14.8 Å². The van der Waals surface area contributed by atoms with E-state index in [0.717, 1.165) is 15.6 Å². The van der Waals surface area contributed by atoms with E-state index in [-0.39, 0.29) is 16.0 Å². The number of hydrazone groups is 1. The normalized spacial score (nSPS) is 12.4. The second-order valence-corrected chi connectivity index (χ2v) is 9.84. The lowest BCUT2D eigenvalue weighted by molar-refractivity contribution is -0.119. The number of hydrogen-bond donors (Lipinski definition) is 1. The predicted octanol–water partition coefficient (Wildman–Crippen LogP) is 3.74. The number of aryl methyl sites for hydroxylation is 1. The van der Waals surface area contributed by atoms with Crippen molar-refractivity contribution in [2.75, 3.05) is 18.0 Å². The Bertz CT molecular complexity index is 1030. The molecular formula is C22H29N3O4S. The predicted molar refractivity (Wildman–Crippen MR) is 119 cm³/mol. The van der Waals surface area contributed by atoms with Gasteiger partial charge in [-0.2, -0.15) is 5.10 Å². The monoisotopic (exact) mass is 431 g/mol. The molecule has 0 bridgehead atoms. The highest BCUT2D eigenvalue weighted by Gasteiger charge is 2.29. The number of methoxy groups -OCH3 is 1. The SMILES string of the molecule is COc1ccc(C)cc1N(CC(=O)N/N=C(/C)C(C)(C)C)S(=O)(=O)c1ccccc1. The van der Waals surface area contributed by atoms with E-state index < -0.39 is 22.5 Å². The van der Waals surface area contributed by atoms with Gasteiger partial charge in [-0.1, -0.05) is 45.0 Å². The van der Waals surface area contributed by atoms with Gasteiger partial charge < -0.3 is 4.74 Å². The molecule has 0 aliphatic rings. The van der Waals surface area contributed by atoms with Gasteiger partial charge in [-0.3, -0.25) is 9.10 Å². The summed E-state index contributed by atoms with van der Waals surface area (Å²) in [5, 5.41) is 4.12. The molecule has 2 aromatic rings. The van der Waals surface area contributed by atoms with Gasteiger partial charge in [0.25, 0.3) is 15.9 Å². The van der Waals surface area contributed by atoms with E-state index >= 15 is 0 Å². The molecule has 30 heavy (non-hydrogen) atoms. The molecule has 0 heterocycles. The Labute approximate surface area is 178 Å². The molecule has 0 atom stereocenters. The van der Waals surface area contributed by atoms with Gasteiger partial charge in [0.15, 0.2) is 0 Å². The zero-order chi connectivity index (χ0) is 22.5. The third kappa shape index (κ3) is 5.60. The highest BCUT2D eigenvalue weighted by Crippen LogP contribution is 2.33. The van der Waals surface area contributed by atoms with Crippen molar-refractivity contribution in [3.05, 3.63) is 54.1 Å². The number of anilines is 1. The number of ether oxygens (including phenoxy) is 1. The number of hydrogen-bond acceptors (Lipinski definition) is 5. The average molecular weight is 432 g/mol. The smallest absolute Gasteiger partial charge is 0.264 e. The van der Waals surface area contributed by atoms with Crippen LogP contribution < -0.4 is 14.5 Å². The Morgan fingerprint density at radius 2 is 1.77 bits per heavy atom. The fourth-order valence-electron chi connectivity index (χ4n) is 2.49. The second kappa shape index (κ2) is 9.30. The second-order valence-electron chi connectivity index (χ2n) is 7.98. The van der Waals surface area contributed by atoms with E-state index in [1.165, 1.54) is 19.2 Å². The first kappa shape index (κ1) is 23.4. The van der Waals surface area contributed by atoms with Crippen molar-refractivity contribution < 1.29 is 17.9 Å². The maximum Gasteiger partial charge on any atom is 0.264 e. The molecule has 7 nitrogen and oxygen atoms in total. The van der Waals surface area contributed by atoms with Gasteiger partial charge in [-0.05, 0) is 43.7 Å². The molecule has 0 aromatic heterocycles. The van der Waals surface area contributed by atoms with Crippen molar-refractivity contribution in [3.8, 4) is 5.75 Å². The van der Waals surface area contributed by atoms with Crippen LogP contribution in [0.2, 0.25) is 0 Å². The van der Waals surface area contributed by atoms with Crippen LogP contribution in [0.4, 0.5) is 5.69 Å². The largest absolute Gasteiger partial charge is 0.495 e. The van der Waals surface area contributed by atoms with E-state index in [2.05, 4.69) is 10.5 Å². The van der Waals surface area contributed by atoms with E-state index in [1.807, 2.05) is 40.7 Å². The van der Waals surface area contributed by atoms with Crippen LogP contribution in [0.1, 0.15) is 33.3 Å². The molecule has 2 aromatic carbocycles. The molecule has 2 rings (SSSR count). The van der Waals surface area contributed by atoms with Crippen LogP contribution in [0.25, 0.3) is 0 Å². The fraction of sp³-hybridized carbons (Fsp3) is 0.364. The molecule has 0 saturated carbocycles. The first-order valence-electron chi connectivity index (χ1n) is 9.53. The summed E-state index contributed by atoms with van der Waals surface area (Å²) < 4.78 is 33.2. The summed E-state index contributed by atoms with van der Waals surface area (Å²) in [5.74, 6) is -0.205. The molecule has 1 amide bonds. The third-order valence-electron chi connectivity index (χ3n) is 4.66. The van der Waals surface area contributed by atoms with Crippen molar-refractivity contribution in [2.45, 2.75) is 39.5 Å². The summed E-state index contributed by atoms with van der Waals surface area (Å²) in [4.78, 5) is 12.7. The van der Waals surface area contributed by atoms with Gasteiger partial charge in [-0.15, -0.1) is 0 Å². The van der Waals surface area contributed by atoms with Crippen LogP contribution in [-0.4, -0.2) is 33.7 Å². The van der Waals surface area contributed by atoms with Gasteiger partial charge in [0.05, 0.1) is 17.7 Å². The first-order valence-corrected chi connectivity index (χ1v) is 11.0. The molecule has 0 spiro atoms. The van der Waals surface area contributed by atoms with E-state index in [1.54, 1.807) is 30.3 Å². The van der Waals surface area contributed by atoms with Crippen LogP contribution in [0.5, 0.6) is 5.75 Å². The highest BCUT2D eigenvalue weighted by atomic mass is 32.2. The Morgan fingerprint density at radius 3 is 2.33 bits per heavy atom. The zero-order valence-electron chi connectivity index (χ0n) is 18.3. The topological polar surface area (TPSA) is 88.1 Å². The summed E-state index contributed by atoms with van der Waals surface area (Å²) in [6, 6.07) is 13.1. The number of amides is 1. The number of nitrogens with zero attached hydrogens (tertiary/aromatic N) is 2. The summed E-state index contributed by atoms with van der Waals surface area (Å²) in [6.07, 6.45) is 0. The van der Waals surface area contributed by atoms with Gasteiger partial charge >= 0.3 is 0 Å². The molecule has 1 N–H and O–H groups in total. The van der Waals surface area contributed by atoms with E-state index in [9.17, 15) is 13.2 Å². The van der Waals surface area contributed by atoms with Crippen molar-refractivity contribution in [1.29, 1.82) is 0 Å². The number of carbonyl (C=O) groups is 1. The maximum atomic E-state index is 13.4. The van der Waals surface area contributed by atoms with Gasteiger partial charge in [0.1, 0.15) is 12.3 Å². The van der Waals surface area contributed by atoms with Crippen LogP contribution in [0, 0.1) is 12.3 Å². The summed E-state index contributed by atoms with van der Waals surface area (Å²) in [5.41, 5.74) is 4.09. The van der Waals surface area contributed by atoms with E-state index in [4.69, 9.17) is 4.74 Å². The molecule has 0 fully saturated rings. The lowest BCUT2D eigenvalue weighted by Gasteiger charge is -2.26. The van der Waals surface area contributed by atoms with Gasteiger partial charge in [0.2, 0.25) is 0 Å². The summed E-state index contributed by atoms with van der Waals surface area (Å²) >= 11 is 0. The van der Waals surface area contributed by atoms with Gasteiger partial charge in [0, 0.05) is 11.1 Å². The quantitative estimate of drug-likeness (QED) is 0.534. The first-order chi connectivity index (χ1) is 14.0. The van der Waals surface area contributed by atoms with Gasteiger partial charge in [-0.25, -0.2) is 13.8 Å².